The van der Waals surface area contributed by atoms with Crippen LogP contribution in [-0.2, 0) is 0 Å². The van der Waals surface area contributed by atoms with Gasteiger partial charge in [-0.25, -0.2) is 8.78 Å². The smallest absolute Gasteiger partial charge is 0.142 e. The van der Waals surface area contributed by atoms with Gasteiger partial charge in [0.05, 0.1) is 5.02 Å². The summed E-state index contributed by atoms with van der Waals surface area (Å²) in [7, 11) is 0. The number of nitrogens with one attached hydrogen (secondary N) is 1. The third-order valence-electron chi connectivity index (χ3n) is 3.65. The van der Waals surface area contributed by atoms with Crippen LogP contribution in [0.5, 0.6) is 0 Å². The molecule has 0 saturated carbocycles. The highest BCUT2D eigenvalue weighted by Gasteiger charge is 2.17. The molecule has 1 N–H and O–H groups in total. The highest BCUT2D eigenvalue weighted by atomic mass is 35.5. The lowest BCUT2D eigenvalue weighted by molar-refractivity contribution is 0.446. The Morgan fingerprint density at radius 1 is 1.00 bits per heavy atom. The van der Waals surface area contributed by atoms with Crippen molar-refractivity contribution in [3.8, 4) is 0 Å². The van der Waals surface area contributed by atoms with Crippen molar-refractivity contribution in [1.82, 2.24) is 5.32 Å². The second-order valence-corrected chi connectivity index (χ2v) is 5.90. The van der Waals surface area contributed by atoms with Crippen LogP contribution in [0, 0.1) is 11.6 Å². The van der Waals surface area contributed by atoms with E-state index in [4.69, 9.17) is 11.6 Å². The zero-order chi connectivity index (χ0) is 15.7. The minimum absolute atomic E-state index is 0.140. The maximum Gasteiger partial charge on any atom is 0.142 e. The first kappa shape index (κ1) is 18.4. The van der Waals surface area contributed by atoms with Crippen molar-refractivity contribution < 1.29 is 8.78 Å². The Balaban J connectivity index is 2.70. The highest BCUT2D eigenvalue weighted by molar-refractivity contribution is 6.30. The molecule has 1 rings (SSSR count). The summed E-state index contributed by atoms with van der Waals surface area (Å²) in [5.41, 5.74) is 0.390. The second kappa shape index (κ2) is 10.1. The summed E-state index contributed by atoms with van der Waals surface area (Å²) in [5.74, 6) is -0.981. The zero-order valence-corrected chi connectivity index (χ0v) is 13.8. The lowest BCUT2D eigenvalue weighted by Gasteiger charge is -2.20. The fourth-order valence-corrected chi connectivity index (χ4v) is 2.59. The van der Waals surface area contributed by atoms with Crippen LogP contribution in [0.3, 0.4) is 0 Å². The Labute approximate surface area is 132 Å². The number of hydrogen-bond donors (Lipinski definition) is 1. The van der Waals surface area contributed by atoms with Crippen molar-refractivity contribution in [3.05, 3.63) is 34.4 Å². The molecule has 0 radical (unpaired) electrons. The summed E-state index contributed by atoms with van der Waals surface area (Å²) in [6, 6.07) is 2.17. The van der Waals surface area contributed by atoms with Crippen molar-refractivity contribution in [2.75, 3.05) is 6.54 Å². The van der Waals surface area contributed by atoms with Crippen molar-refractivity contribution in [1.29, 1.82) is 0 Å². The third kappa shape index (κ3) is 6.31. The Morgan fingerprint density at radius 3 is 2.38 bits per heavy atom. The first-order valence-electron chi connectivity index (χ1n) is 7.98. The van der Waals surface area contributed by atoms with Crippen LogP contribution in [-0.4, -0.2) is 6.54 Å². The van der Waals surface area contributed by atoms with E-state index in [0.717, 1.165) is 38.3 Å². The maximum atomic E-state index is 14.0. The van der Waals surface area contributed by atoms with Crippen molar-refractivity contribution >= 4 is 11.6 Å². The lowest BCUT2D eigenvalue weighted by Crippen LogP contribution is -2.23. The number of hydrogen-bond acceptors (Lipinski definition) is 1. The Morgan fingerprint density at radius 2 is 1.71 bits per heavy atom. The molecule has 21 heavy (non-hydrogen) atoms. The molecule has 0 aliphatic carbocycles. The van der Waals surface area contributed by atoms with E-state index >= 15 is 0 Å². The molecule has 4 heteroatoms. The second-order valence-electron chi connectivity index (χ2n) is 5.50. The van der Waals surface area contributed by atoms with Crippen LogP contribution < -0.4 is 5.32 Å². The van der Waals surface area contributed by atoms with Crippen LogP contribution in [0.4, 0.5) is 8.78 Å². The molecule has 0 fully saturated rings. The summed E-state index contributed by atoms with van der Waals surface area (Å²) in [4.78, 5) is 0. The monoisotopic (exact) mass is 317 g/mol. The van der Waals surface area contributed by atoms with Gasteiger partial charge in [0.2, 0.25) is 0 Å². The fraction of sp³-hybridized carbons (Fsp3) is 0.647. The highest BCUT2D eigenvalue weighted by Crippen LogP contribution is 2.27. The maximum absolute atomic E-state index is 14.0. The van der Waals surface area contributed by atoms with E-state index in [-0.39, 0.29) is 11.1 Å². The molecule has 1 unspecified atom stereocenters. The predicted molar refractivity (Wildman–Crippen MR) is 85.8 cm³/mol. The first-order chi connectivity index (χ1) is 10.1. The molecular formula is C17H26ClF2N. The van der Waals surface area contributed by atoms with Crippen molar-refractivity contribution in [2.45, 2.75) is 64.8 Å². The van der Waals surface area contributed by atoms with Gasteiger partial charge < -0.3 is 5.32 Å². The molecular weight excluding hydrogens is 292 g/mol. The van der Waals surface area contributed by atoms with E-state index in [1.165, 1.54) is 25.3 Å². The third-order valence-corrected chi connectivity index (χ3v) is 3.94. The van der Waals surface area contributed by atoms with E-state index < -0.39 is 11.6 Å². The van der Waals surface area contributed by atoms with Crippen molar-refractivity contribution in [3.63, 3.8) is 0 Å². The topological polar surface area (TPSA) is 12.0 Å². The SMILES string of the molecule is CCCCCCCC(NCCC)c1cc(F)c(Cl)cc1F. The molecule has 1 nitrogen and oxygen atoms in total. The average Bonchev–Trinajstić information content (AvgIpc) is 2.46. The molecule has 0 amide bonds. The molecule has 120 valence electrons. The number of benzene rings is 1. The van der Waals surface area contributed by atoms with Gasteiger partial charge in [0.25, 0.3) is 0 Å². The van der Waals surface area contributed by atoms with Crippen LogP contribution in [0.1, 0.15) is 70.4 Å². The first-order valence-corrected chi connectivity index (χ1v) is 8.35. The van der Waals surface area contributed by atoms with Gasteiger partial charge in [0.15, 0.2) is 0 Å². The van der Waals surface area contributed by atoms with Crippen molar-refractivity contribution in [2.24, 2.45) is 0 Å². The van der Waals surface area contributed by atoms with Gasteiger partial charge >= 0.3 is 0 Å². The summed E-state index contributed by atoms with van der Waals surface area (Å²) in [6.45, 7) is 5.03. The Kier molecular flexibility index (Phi) is 8.86. The van der Waals surface area contributed by atoms with Crippen LogP contribution in [0.2, 0.25) is 5.02 Å². The molecule has 1 aromatic rings. The van der Waals surface area contributed by atoms with E-state index in [1.54, 1.807) is 0 Å². The molecule has 0 aliphatic heterocycles. The average molecular weight is 318 g/mol. The summed E-state index contributed by atoms with van der Waals surface area (Å²) in [6.07, 6.45) is 7.58. The van der Waals surface area contributed by atoms with E-state index in [2.05, 4.69) is 19.2 Å². The number of rotatable bonds is 10. The largest absolute Gasteiger partial charge is 0.310 e. The predicted octanol–water partition coefficient (Wildman–Crippen LogP) is 6.02. The normalized spacial score (nSPS) is 12.6. The standard InChI is InChI=1S/C17H26ClF2N/c1-3-5-6-7-8-9-17(21-10-4-2)13-11-16(20)14(18)12-15(13)19/h11-12,17,21H,3-10H2,1-2H3. The molecule has 0 aromatic heterocycles. The van der Waals surface area contributed by atoms with Gasteiger partial charge in [-0.15, -0.1) is 0 Å². The van der Waals surface area contributed by atoms with Crippen LogP contribution in [0.15, 0.2) is 12.1 Å². The summed E-state index contributed by atoms with van der Waals surface area (Å²) in [5, 5.41) is 3.16. The molecule has 0 aliphatic rings. The number of halogens is 3. The quantitative estimate of drug-likeness (QED) is 0.411. The Hall–Kier alpha value is -0.670. The van der Waals surface area contributed by atoms with Gasteiger partial charge in [-0.05, 0) is 31.5 Å². The fourth-order valence-electron chi connectivity index (χ4n) is 2.44. The molecule has 1 atom stereocenters. The molecule has 0 saturated heterocycles. The van der Waals surface area contributed by atoms with Gasteiger partial charge in [-0.2, -0.15) is 0 Å². The van der Waals surface area contributed by atoms with Crippen LogP contribution in [0.25, 0.3) is 0 Å². The van der Waals surface area contributed by atoms with E-state index in [9.17, 15) is 8.78 Å². The Bertz CT molecular complexity index is 423. The minimum atomic E-state index is -0.553. The van der Waals surface area contributed by atoms with Gasteiger partial charge in [0, 0.05) is 11.6 Å². The molecule has 0 bridgehead atoms. The van der Waals surface area contributed by atoms with Gasteiger partial charge in [-0.3, -0.25) is 0 Å². The zero-order valence-electron chi connectivity index (χ0n) is 13.0. The van der Waals surface area contributed by atoms with E-state index in [0.29, 0.717) is 5.56 Å². The summed E-state index contributed by atoms with van der Waals surface area (Å²) >= 11 is 5.62. The van der Waals surface area contributed by atoms with E-state index in [1.807, 2.05) is 0 Å². The lowest BCUT2D eigenvalue weighted by atomic mass is 9.99. The molecule has 0 spiro atoms. The summed E-state index contributed by atoms with van der Waals surface area (Å²) < 4.78 is 27.7. The van der Waals surface area contributed by atoms with Gasteiger partial charge in [0.1, 0.15) is 11.6 Å². The van der Waals surface area contributed by atoms with Crippen LogP contribution >= 0.6 is 11.6 Å². The minimum Gasteiger partial charge on any atom is -0.310 e. The molecule has 0 heterocycles. The number of unbranched alkanes of at least 4 members (excludes halogenated alkanes) is 4. The van der Waals surface area contributed by atoms with Gasteiger partial charge in [-0.1, -0.05) is 57.6 Å². The molecule has 1 aromatic carbocycles.